The molecule has 0 aliphatic heterocycles. The van der Waals surface area contributed by atoms with E-state index in [2.05, 4.69) is 25.4 Å². The average molecular weight is 509 g/mol. The fourth-order valence-corrected chi connectivity index (χ4v) is 5.06. The van der Waals surface area contributed by atoms with Crippen molar-refractivity contribution in [2.45, 2.75) is 50.1 Å². The maximum Gasteiger partial charge on any atom is 0.434 e. The summed E-state index contributed by atoms with van der Waals surface area (Å²) in [7, 11) is 0. The van der Waals surface area contributed by atoms with Gasteiger partial charge in [0.2, 0.25) is 11.7 Å². The van der Waals surface area contributed by atoms with Gasteiger partial charge in [-0.15, -0.1) is 0 Å². The molecule has 3 aliphatic carbocycles. The molecule has 1 amide bonds. The zero-order chi connectivity index (χ0) is 25.7. The highest BCUT2D eigenvalue weighted by molar-refractivity contribution is 5.94. The number of hydrogen-bond donors (Lipinski definition) is 2. The van der Waals surface area contributed by atoms with E-state index < -0.39 is 40.7 Å². The molecule has 0 spiro atoms. The number of halogens is 5. The summed E-state index contributed by atoms with van der Waals surface area (Å²) in [6.45, 7) is 0.278. The lowest BCUT2D eigenvalue weighted by atomic mass is 9.53. The Bertz CT molecular complexity index is 1280. The SMILES string of the molecule is O=C(NC[C@]12CC[C@](c3nc(-c4cnc(C(F)(F)F)cn4)no3)(CC1)CC2)c1cc(F)c(O)cc1F. The van der Waals surface area contributed by atoms with Gasteiger partial charge in [-0.2, -0.15) is 18.2 Å². The van der Waals surface area contributed by atoms with Crippen molar-refractivity contribution in [3.63, 3.8) is 0 Å². The highest BCUT2D eigenvalue weighted by Crippen LogP contribution is 2.57. The summed E-state index contributed by atoms with van der Waals surface area (Å²) in [5.41, 5.74) is -2.13. The van der Waals surface area contributed by atoms with Gasteiger partial charge in [-0.05, 0) is 50.0 Å². The fourth-order valence-electron chi connectivity index (χ4n) is 5.06. The molecule has 8 nitrogen and oxygen atoms in total. The monoisotopic (exact) mass is 509 g/mol. The molecule has 2 N–H and O–H groups in total. The lowest BCUT2D eigenvalue weighted by Crippen LogP contribution is -2.49. The second kappa shape index (κ2) is 8.49. The van der Waals surface area contributed by atoms with Crippen LogP contribution in [0.2, 0.25) is 0 Å². The van der Waals surface area contributed by atoms with Gasteiger partial charge in [0.25, 0.3) is 5.91 Å². The number of nitrogens with one attached hydrogen (secondary N) is 1. The third-order valence-electron chi connectivity index (χ3n) is 7.36. The van der Waals surface area contributed by atoms with Gasteiger partial charge in [0.15, 0.2) is 17.3 Å². The predicted molar refractivity (Wildman–Crippen MR) is 112 cm³/mol. The van der Waals surface area contributed by atoms with Gasteiger partial charge in [-0.25, -0.2) is 18.7 Å². The van der Waals surface area contributed by atoms with E-state index in [1.807, 2.05) is 0 Å². The minimum atomic E-state index is -4.60. The second-order valence-electron chi connectivity index (χ2n) is 9.45. The summed E-state index contributed by atoms with van der Waals surface area (Å²) in [6.07, 6.45) is 1.19. The Balaban J connectivity index is 1.24. The number of carbonyl (C=O) groups excluding carboxylic acids is 1. The highest BCUT2D eigenvalue weighted by atomic mass is 19.4. The number of rotatable bonds is 5. The summed E-state index contributed by atoms with van der Waals surface area (Å²) in [4.78, 5) is 24.0. The zero-order valence-corrected chi connectivity index (χ0v) is 18.7. The number of nitrogens with zero attached hydrogens (tertiary/aromatic N) is 4. The van der Waals surface area contributed by atoms with Gasteiger partial charge in [0.05, 0.1) is 18.0 Å². The molecule has 190 valence electrons. The van der Waals surface area contributed by atoms with E-state index in [0.29, 0.717) is 43.5 Å². The summed E-state index contributed by atoms with van der Waals surface area (Å²) in [6, 6.07) is 1.23. The third-order valence-corrected chi connectivity index (χ3v) is 7.36. The minimum Gasteiger partial charge on any atom is -0.505 e. The quantitative estimate of drug-likeness (QED) is 0.485. The Kier molecular flexibility index (Phi) is 5.67. The lowest BCUT2D eigenvalue weighted by molar-refractivity contribution is -0.141. The Morgan fingerprint density at radius 3 is 2.33 bits per heavy atom. The van der Waals surface area contributed by atoms with Gasteiger partial charge in [0, 0.05) is 18.0 Å². The van der Waals surface area contributed by atoms with E-state index in [1.54, 1.807) is 0 Å². The smallest absolute Gasteiger partial charge is 0.434 e. The van der Waals surface area contributed by atoms with Crippen molar-refractivity contribution in [1.29, 1.82) is 0 Å². The average Bonchev–Trinajstić information content (AvgIpc) is 3.37. The molecule has 3 aliphatic rings. The largest absolute Gasteiger partial charge is 0.505 e. The molecule has 3 saturated carbocycles. The standard InChI is InChI=1S/C23H20F5N5O3/c24-13-8-16(34)14(25)7-12(13)19(35)31-11-21-1-4-22(5-2-21,6-3-21)20-32-18(33-36-20)15-9-30-17(10-29-15)23(26,27)28/h7-10,34H,1-6,11H2,(H,31,35)/t21-,22+. The van der Waals surface area contributed by atoms with Crippen LogP contribution in [0.3, 0.4) is 0 Å². The lowest BCUT2D eigenvalue weighted by Gasteiger charge is -2.51. The van der Waals surface area contributed by atoms with Gasteiger partial charge >= 0.3 is 6.18 Å². The number of amides is 1. The Morgan fingerprint density at radius 1 is 1.03 bits per heavy atom. The van der Waals surface area contributed by atoms with Crippen LogP contribution in [0, 0.1) is 17.0 Å². The first-order chi connectivity index (χ1) is 17.0. The molecule has 3 fully saturated rings. The van der Waals surface area contributed by atoms with Crippen LogP contribution in [0.1, 0.15) is 60.5 Å². The maximum absolute atomic E-state index is 14.0. The number of fused-ring (bicyclic) bond motifs is 3. The minimum absolute atomic E-state index is 0.0541. The molecule has 0 unspecified atom stereocenters. The van der Waals surface area contributed by atoms with Gasteiger partial charge in [-0.1, -0.05) is 5.16 Å². The molecule has 1 aromatic carbocycles. The van der Waals surface area contributed by atoms with Crippen molar-refractivity contribution in [3.8, 4) is 17.3 Å². The second-order valence-corrected chi connectivity index (χ2v) is 9.45. The molecule has 0 saturated heterocycles. The molecule has 36 heavy (non-hydrogen) atoms. The first kappa shape index (κ1) is 24.1. The van der Waals surface area contributed by atoms with Crippen LogP contribution >= 0.6 is 0 Å². The molecule has 3 aromatic rings. The first-order valence-corrected chi connectivity index (χ1v) is 11.2. The molecule has 13 heteroatoms. The summed E-state index contributed by atoms with van der Waals surface area (Å²) in [5.74, 6) is -3.28. The molecule has 6 rings (SSSR count). The molecule has 0 atom stereocenters. The number of carbonyl (C=O) groups is 1. The van der Waals surface area contributed by atoms with E-state index in [0.717, 1.165) is 25.5 Å². The number of phenolic OH excluding ortho intramolecular Hbond substituents is 1. The van der Waals surface area contributed by atoms with Crippen molar-refractivity contribution in [2.24, 2.45) is 5.41 Å². The number of alkyl halides is 3. The molecular formula is C23H20F5N5O3. The van der Waals surface area contributed by atoms with E-state index in [9.17, 15) is 31.9 Å². The summed E-state index contributed by atoms with van der Waals surface area (Å²) >= 11 is 0. The van der Waals surface area contributed by atoms with E-state index in [4.69, 9.17) is 4.52 Å². The number of phenols is 1. The van der Waals surface area contributed by atoms with Crippen LogP contribution in [-0.2, 0) is 11.6 Å². The number of hydrogen-bond acceptors (Lipinski definition) is 7. The Hall–Kier alpha value is -3.64. The van der Waals surface area contributed by atoms with E-state index in [1.165, 1.54) is 0 Å². The van der Waals surface area contributed by atoms with Gasteiger partial charge < -0.3 is 14.9 Å². The number of aromatic nitrogens is 4. The van der Waals surface area contributed by atoms with Crippen LogP contribution in [0.25, 0.3) is 11.5 Å². The van der Waals surface area contributed by atoms with E-state index in [-0.39, 0.29) is 28.9 Å². The maximum atomic E-state index is 14.0. The van der Waals surface area contributed by atoms with Crippen LogP contribution in [0.4, 0.5) is 22.0 Å². The Labute approximate surface area is 201 Å². The normalized spacial score (nSPS) is 23.6. The van der Waals surface area contributed by atoms with Gasteiger partial charge in [0.1, 0.15) is 11.5 Å². The van der Waals surface area contributed by atoms with Crippen LogP contribution in [-0.4, -0.2) is 37.7 Å². The molecule has 2 aromatic heterocycles. The Morgan fingerprint density at radius 2 is 1.72 bits per heavy atom. The number of benzene rings is 1. The highest BCUT2D eigenvalue weighted by Gasteiger charge is 2.52. The van der Waals surface area contributed by atoms with Crippen molar-refractivity contribution >= 4 is 5.91 Å². The summed E-state index contributed by atoms with van der Waals surface area (Å²) in [5, 5.41) is 15.8. The fraction of sp³-hybridized carbons (Fsp3) is 0.435. The molecule has 2 bridgehead atoms. The van der Waals surface area contributed by atoms with Crippen molar-refractivity contribution < 1.29 is 36.4 Å². The topological polar surface area (TPSA) is 114 Å². The number of aromatic hydroxyl groups is 1. The van der Waals surface area contributed by atoms with Crippen LogP contribution in [0.15, 0.2) is 29.0 Å². The molecule has 0 radical (unpaired) electrons. The molecule has 2 heterocycles. The van der Waals surface area contributed by atoms with E-state index >= 15 is 0 Å². The van der Waals surface area contributed by atoms with Gasteiger partial charge in [-0.3, -0.25) is 4.79 Å². The van der Waals surface area contributed by atoms with Crippen LogP contribution in [0.5, 0.6) is 5.75 Å². The van der Waals surface area contributed by atoms with Crippen molar-refractivity contribution in [2.75, 3.05) is 6.54 Å². The van der Waals surface area contributed by atoms with Crippen molar-refractivity contribution in [3.05, 3.63) is 53.3 Å². The first-order valence-electron chi connectivity index (χ1n) is 11.2. The third kappa shape index (κ3) is 4.26. The predicted octanol–water partition coefficient (Wildman–Crippen LogP) is 4.55. The zero-order valence-electron chi connectivity index (χ0n) is 18.7. The molecular weight excluding hydrogens is 489 g/mol. The summed E-state index contributed by atoms with van der Waals surface area (Å²) < 4.78 is 71.2. The van der Waals surface area contributed by atoms with Crippen molar-refractivity contribution in [1.82, 2.24) is 25.4 Å². The van der Waals surface area contributed by atoms with Crippen LogP contribution < -0.4 is 5.32 Å².